The van der Waals surface area contributed by atoms with Crippen LogP contribution in [0.2, 0.25) is 0 Å². The number of pyridine rings is 1. The van der Waals surface area contributed by atoms with Crippen LogP contribution in [0.1, 0.15) is 37.8 Å². The van der Waals surface area contributed by atoms with Crippen molar-refractivity contribution in [3.05, 3.63) is 30.1 Å². The van der Waals surface area contributed by atoms with Crippen molar-refractivity contribution in [3.63, 3.8) is 0 Å². The van der Waals surface area contributed by atoms with Crippen LogP contribution < -0.4 is 5.32 Å². The molecule has 1 aliphatic heterocycles. The van der Waals surface area contributed by atoms with Crippen molar-refractivity contribution >= 4 is 0 Å². The van der Waals surface area contributed by atoms with E-state index in [4.69, 9.17) is 0 Å². The van der Waals surface area contributed by atoms with E-state index in [1.165, 1.54) is 50.9 Å². The lowest BCUT2D eigenvalue weighted by Gasteiger charge is -2.46. The maximum atomic E-state index is 4.42. The van der Waals surface area contributed by atoms with Crippen LogP contribution in [-0.2, 0) is 6.42 Å². The number of piperazine rings is 1. The highest BCUT2D eigenvalue weighted by molar-refractivity contribution is 5.04. The van der Waals surface area contributed by atoms with Gasteiger partial charge < -0.3 is 5.32 Å². The van der Waals surface area contributed by atoms with Crippen molar-refractivity contribution in [2.24, 2.45) is 0 Å². The Balaban J connectivity index is 1.53. The summed E-state index contributed by atoms with van der Waals surface area (Å²) in [4.78, 5) is 7.06. The van der Waals surface area contributed by atoms with E-state index in [9.17, 15) is 0 Å². The van der Waals surface area contributed by atoms with E-state index >= 15 is 0 Å². The molecule has 1 saturated heterocycles. The molecular weight excluding hydrogens is 234 g/mol. The molecule has 3 heteroatoms. The standard InChI is InChI=1S/C16H25N3/c1-3-8-16(9-4-1)14-19(13-11-18-16)12-7-15-6-2-5-10-17-15/h2,5-6,10,18H,1,3-4,7-9,11-14H2. The fourth-order valence-electron chi connectivity index (χ4n) is 3.62. The number of nitrogens with one attached hydrogen (secondary N) is 1. The Labute approximate surface area is 116 Å². The smallest absolute Gasteiger partial charge is 0.0416 e. The fourth-order valence-corrected chi connectivity index (χ4v) is 3.62. The molecule has 1 N–H and O–H groups in total. The van der Waals surface area contributed by atoms with Gasteiger partial charge in [-0.05, 0) is 25.0 Å². The molecule has 1 aromatic heterocycles. The summed E-state index contributed by atoms with van der Waals surface area (Å²) in [5.74, 6) is 0. The maximum Gasteiger partial charge on any atom is 0.0416 e. The predicted octanol–water partition coefficient (Wildman–Crippen LogP) is 2.23. The van der Waals surface area contributed by atoms with Crippen molar-refractivity contribution in [2.45, 2.75) is 44.1 Å². The second-order valence-electron chi connectivity index (χ2n) is 6.11. The predicted molar refractivity (Wildman–Crippen MR) is 78.2 cm³/mol. The minimum Gasteiger partial charge on any atom is -0.309 e. The van der Waals surface area contributed by atoms with Crippen molar-refractivity contribution < 1.29 is 0 Å². The molecule has 0 bridgehead atoms. The van der Waals surface area contributed by atoms with E-state index < -0.39 is 0 Å². The van der Waals surface area contributed by atoms with E-state index in [0.29, 0.717) is 5.54 Å². The van der Waals surface area contributed by atoms with Gasteiger partial charge in [-0.15, -0.1) is 0 Å². The van der Waals surface area contributed by atoms with Gasteiger partial charge in [-0.1, -0.05) is 25.3 Å². The van der Waals surface area contributed by atoms with E-state index in [-0.39, 0.29) is 0 Å². The number of aromatic nitrogens is 1. The Morgan fingerprint density at radius 3 is 2.89 bits per heavy atom. The van der Waals surface area contributed by atoms with Crippen LogP contribution in [0, 0.1) is 0 Å². The monoisotopic (exact) mass is 259 g/mol. The summed E-state index contributed by atoms with van der Waals surface area (Å²) in [5.41, 5.74) is 1.65. The third-order valence-corrected chi connectivity index (χ3v) is 4.68. The van der Waals surface area contributed by atoms with Gasteiger partial charge >= 0.3 is 0 Å². The lowest BCUT2D eigenvalue weighted by atomic mass is 9.80. The normalized spacial score (nSPS) is 23.6. The minimum absolute atomic E-state index is 0.431. The Morgan fingerprint density at radius 1 is 1.21 bits per heavy atom. The topological polar surface area (TPSA) is 28.2 Å². The van der Waals surface area contributed by atoms with Crippen molar-refractivity contribution in [3.8, 4) is 0 Å². The largest absolute Gasteiger partial charge is 0.309 e. The highest BCUT2D eigenvalue weighted by Gasteiger charge is 2.35. The number of nitrogens with zero attached hydrogens (tertiary/aromatic N) is 2. The van der Waals surface area contributed by atoms with Gasteiger partial charge in [-0.2, -0.15) is 0 Å². The van der Waals surface area contributed by atoms with Gasteiger partial charge in [0.15, 0.2) is 0 Å². The van der Waals surface area contributed by atoms with Crippen molar-refractivity contribution in [1.29, 1.82) is 0 Å². The highest BCUT2D eigenvalue weighted by atomic mass is 15.2. The number of hydrogen-bond acceptors (Lipinski definition) is 3. The third-order valence-electron chi connectivity index (χ3n) is 4.68. The van der Waals surface area contributed by atoms with Crippen LogP contribution in [0.25, 0.3) is 0 Å². The van der Waals surface area contributed by atoms with Gasteiger partial charge in [-0.3, -0.25) is 9.88 Å². The Kier molecular flexibility index (Phi) is 4.14. The average Bonchev–Trinajstić information content (AvgIpc) is 2.47. The van der Waals surface area contributed by atoms with Crippen LogP contribution in [0.5, 0.6) is 0 Å². The first kappa shape index (κ1) is 13.1. The van der Waals surface area contributed by atoms with Crippen LogP contribution in [-0.4, -0.2) is 41.6 Å². The summed E-state index contributed by atoms with van der Waals surface area (Å²) in [6.07, 6.45) is 9.95. The van der Waals surface area contributed by atoms with Crippen molar-refractivity contribution in [1.82, 2.24) is 15.2 Å². The molecule has 0 aromatic carbocycles. The first-order valence-electron chi connectivity index (χ1n) is 7.74. The van der Waals surface area contributed by atoms with Gasteiger partial charge in [0, 0.05) is 50.0 Å². The molecular formula is C16H25N3. The molecule has 1 spiro atoms. The summed E-state index contributed by atoms with van der Waals surface area (Å²) in [6.45, 7) is 4.73. The maximum absolute atomic E-state index is 4.42. The SMILES string of the molecule is c1ccc(CCN2CCNC3(CCCCC3)C2)nc1. The van der Waals surface area contributed by atoms with E-state index in [1.807, 2.05) is 12.3 Å². The second-order valence-corrected chi connectivity index (χ2v) is 6.11. The zero-order valence-corrected chi connectivity index (χ0v) is 11.8. The Morgan fingerprint density at radius 2 is 2.11 bits per heavy atom. The lowest BCUT2D eigenvalue weighted by Crippen LogP contribution is -2.61. The summed E-state index contributed by atoms with van der Waals surface area (Å²) >= 11 is 0. The molecule has 1 aliphatic carbocycles. The highest BCUT2D eigenvalue weighted by Crippen LogP contribution is 2.30. The molecule has 0 unspecified atom stereocenters. The summed E-state index contributed by atoms with van der Waals surface area (Å²) in [7, 11) is 0. The third kappa shape index (κ3) is 3.34. The number of hydrogen-bond donors (Lipinski definition) is 1. The van der Waals surface area contributed by atoms with Crippen LogP contribution >= 0.6 is 0 Å². The molecule has 2 aliphatic rings. The van der Waals surface area contributed by atoms with Gasteiger partial charge in [0.2, 0.25) is 0 Å². The van der Waals surface area contributed by atoms with E-state index in [1.54, 1.807) is 0 Å². The molecule has 2 heterocycles. The first-order chi connectivity index (χ1) is 9.36. The first-order valence-corrected chi connectivity index (χ1v) is 7.74. The van der Waals surface area contributed by atoms with E-state index in [2.05, 4.69) is 27.3 Å². The molecule has 3 rings (SSSR count). The quantitative estimate of drug-likeness (QED) is 0.902. The molecule has 0 amide bonds. The minimum atomic E-state index is 0.431. The zero-order chi connectivity index (χ0) is 13.0. The van der Waals surface area contributed by atoms with Crippen LogP contribution in [0.15, 0.2) is 24.4 Å². The molecule has 2 fully saturated rings. The zero-order valence-electron chi connectivity index (χ0n) is 11.8. The molecule has 0 radical (unpaired) electrons. The summed E-state index contributed by atoms with van der Waals surface area (Å²) < 4.78 is 0. The molecule has 1 saturated carbocycles. The fraction of sp³-hybridized carbons (Fsp3) is 0.688. The van der Waals surface area contributed by atoms with Crippen LogP contribution in [0.4, 0.5) is 0 Å². The average molecular weight is 259 g/mol. The van der Waals surface area contributed by atoms with Crippen molar-refractivity contribution in [2.75, 3.05) is 26.2 Å². The summed E-state index contributed by atoms with van der Waals surface area (Å²) in [5, 5.41) is 3.81. The lowest BCUT2D eigenvalue weighted by molar-refractivity contribution is 0.100. The second kappa shape index (κ2) is 6.02. The van der Waals surface area contributed by atoms with Gasteiger partial charge in [0.05, 0.1) is 0 Å². The summed E-state index contributed by atoms with van der Waals surface area (Å²) in [6, 6.07) is 6.21. The van der Waals surface area contributed by atoms with Gasteiger partial charge in [-0.25, -0.2) is 0 Å². The molecule has 1 aromatic rings. The van der Waals surface area contributed by atoms with E-state index in [0.717, 1.165) is 19.5 Å². The Hall–Kier alpha value is -0.930. The molecule has 104 valence electrons. The molecule has 0 atom stereocenters. The molecule has 3 nitrogen and oxygen atoms in total. The Bertz CT molecular complexity index is 379. The van der Waals surface area contributed by atoms with Crippen LogP contribution in [0.3, 0.4) is 0 Å². The molecule has 19 heavy (non-hydrogen) atoms. The van der Waals surface area contributed by atoms with Gasteiger partial charge in [0.25, 0.3) is 0 Å². The van der Waals surface area contributed by atoms with Gasteiger partial charge in [0.1, 0.15) is 0 Å². The number of rotatable bonds is 3.